The van der Waals surface area contributed by atoms with Gasteiger partial charge in [-0.1, -0.05) is 34.1 Å². The molecule has 3 rings (SSSR count). The number of hydrogen-bond donors (Lipinski definition) is 1. The number of nitrogen functional groups attached to an aromatic ring is 1. The lowest BCUT2D eigenvalue weighted by Crippen LogP contribution is -2.02. The Bertz CT molecular complexity index is 779. The number of hydrogen-bond acceptors (Lipinski definition) is 3. The molecule has 0 aliphatic carbocycles. The maximum Gasteiger partial charge on any atom is 0.195 e. The van der Waals surface area contributed by atoms with Gasteiger partial charge in [0, 0.05) is 36.8 Å². The van der Waals surface area contributed by atoms with Crippen molar-refractivity contribution in [2.24, 2.45) is 0 Å². The molecule has 94 valence electrons. The Balaban J connectivity index is 2.16. The minimum atomic E-state index is -0.00312. The average molecular weight is 332 g/mol. The normalized spacial score (nSPS) is 10.8. The highest BCUT2D eigenvalue weighted by Gasteiger charge is 2.16. The summed E-state index contributed by atoms with van der Waals surface area (Å²) in [6.07, 6.45) is 0. The lowest BCUT2D eigenvalue weighted by Gasteiger charge is -2.04. The van der Waals surface area contributed by atoms with E-state index < -0.39 is 0 Å². The van der Waals surface area contributed by atoms with Gasteiger partial charge in [0.2, 0.25) is 0 Å². The number of carbonyl (C=O) groups is 1. The summed E-state index contributed by atoms with van der Waals surface area (Å²) in [6.45, 7) is 0. The van der Waals surface area contributed by atoms with E-state index in [1.165, 1.54) is 0 Å². The van der Waals surface area contributed by atoms with E-state index >= 15 is 0 Å². The molecule has 2 aromatic carbocycles. The van der Waals surface area contributed by atoms with Crippen LogP contribution in [0.15, 0.2) is 52.3 Å². The molecule has 0 amide bonds. The topological polar surface area (TPSA) is 43.1 Å². The molecule has 0 bridgehead atoms. The van der Waals surface area contributed by atoms with Gasteiger partial charge < -0.3 is 5.73 Å². The maximum absolute atomic E-state index is 12.6. The van der Waals surface area contributed by atoms with Crippen LogP contribution in [0.25, 0.3) is 10.1 Å². The number of thiophene rings is 1. The zero-order valence-electron chi connectivity index (χ0n) is 9.89. The van der Waals surface area contributed by atoms with Crippen LogP contribution in [-0.2, 0) is 0 Å². The fourth-order valence-corrected chi connectivity index (χ4v) is 3.38. The molecule has 0 spiro atoms. The molecule has 0 fully saturated rings. The molecule has 2 N–H and O–H groups in total. The number of nitrogens with two attached hydrogens (primary N) is 1. The summed E-state index contributed by atoms with van der Waals surface area (Å²) in [4.78, 5) is 12.6. The van der Waals surface area contributed by atoms with Crippen molar-refractivity contribution in [2.75, 3.05) is 5.73 Å². The molecule has 3 aromatic rings. The molecule has 0 saturated heterocycles. The summed E-state index contributed by atoms with van der Waals surface area (Å²) in [6, 6.07) is 13.2. The van der Waals surface area contributed by atoms with Crippen molar-refractivity contribution in [3.8, 4) is 0 Å². The Morgan fingerprint density at radius 2 is 1.89 bits per heavy atom. The third-order valence-electron chi connectivity index (χ3n) is 2.96. The van der Waals surface area contributed by atoms with E-state index in [0.29, 0.717) is 11.3 Å². The highest BCUT2D eigenvalue weighted by molar-refractivity contribution is 9.10. The third-order valence-corrected chi connectivity index (χ3v) is 4.62. The molecule has 2 nitrogen and oxygen atoms in total. The Morgan fingerprint density at radius 3 is 2.74 bits per heavy atom. The van der Waals surface area contributed by atoms with E-state index in [-0.39, 0.29) is 5.78 Å². The van der Waals surface area contributed by atoms with Gasteiger partial charge in [0.1, 0.15) is 0 Å². The van der Waals surface area contributed by atoms with E-state index in [1.807, 2.05) is 29.6 Å². The van der Waals surface area contributed by atoms with Crippen molar-refractivity contribution < 1.29 is 4.79 Å². The molecule has 1 heterocycles. The van der Waals surface area contributed by atoms with Crippen LogP contribution in [-0.4, -0.2) is 5.78 Å². The van der Waals surface area contributed by atoms with E-state index in [4.69, 9.17) is 5.73 Å². The van der Waals surface area contributed by atoms with Crippen LogP contribution in [0, 0.1) is 0 Å². The maximum atomic E-state index is 12.6. The molecule has 0 aliphatic rings. The van der Waals surface area contributed by atoms with E-state index in [2.05, 4.69) is 15.9 Å². The van der Waals surface area contributed by atoms with Crippen LogP contribution in [0.2, 0.25) is 0 Å². The zero-order valence-corrected chi connectivity index (χ0v) is 12.3. The summed E-state index contributed by atoms with van der Waals surface area (Å²) in [5.74, 6) is -0.00312. The first-order chi connectivity index (χ1) is 9.16. The second-order valence-corrected chi connectivity index (χ2v) is 5.98. The number of carbonyl (C=O) groups excluding carboxylic acids is 1. The number of rotatable bonds is 2. The molecular weight excluding hydrogens is 322 g/mol. The van der Waals surface area contributed by atoms with Crippen molar-refractivity contribution >= 4 is 48.8 Å². The van der Waals surface area contributed by atoms with Crippen molar-refractivity contribution in [3.05, 3.63) is 63.4 Å². The minimum Gasteiger partial charge on any atom is -0.399 e. The third kappa shape index (κ3) is 2.17. The average Bonchev–Trinajstić information content (AvgIpc) is 2.84. The Morgan fingerprint density at radius 1 is 1.11 bits per heavy atom. The molecule has 4 heteroatoms. The minimum absolute atomic E-state index is 0.00312. The molecule has 0 unspecified atom stereocenters. The monoisotopic (exact) mass is 331 g/mol. The molecule has 19 heavy (non-hydrogen) atoms. The van der Waals surface area contributed by atoms with Gasteiger partial charge in [-0.2, -0.15) is 0 Å². The first-order valence-corrected chi connectivity index (χ1v) is 7.40. The second-order valence-electron chi connectivity index (χ2n) is 4.21. The van der Waals surface area contributed by atoms with E-state index in [1.54, 1.807) is 29.5 Å². The Labute approximate surface area is 123 Å². The van der Waals surface area contributed by atoms with Gasteiger partial charge in [0.15, 0.2) is 5.78 Å². The molecule has 0 atom stereocenters. The molecule has 0 radical (unpaired) electrons. The van der Waals surface area contributed by atoms with E-state index in [9.17, 15) is 4.79 Å². The fourth-order valence-electron chi connectivity index (χ4n) is 2.02. The van der Waals surface area contributed by atoms with Gasteiger partial charge in [-0.05, 0) is 24.3 Å². The van der Waals surface area contributed by atoms with Gasteiger partial charge in [-0.25, -0.2) is 0 Å². The molecular formula is C15H10BrNOS. The van der Waals surface area contributed by atoms with Gasteiger partial charge >= 0.3 is 0 Å². The van der Waals surface area contributed by atoms with Gasteiger partial charge in [0.05, 0.1) is 0 Å². The SMILES string of the molecule is Nc1ccc(Br)c(C(=O)c2csc3ccccc23)c1. The Hall–Kier alpha value is -1.65. The Kier molecular flexibility index (Phi) is 3.12. The fraction of sp³-hybridized carbons (Fsp3) is 0. The van der Waals surface area contributed by atoms with Gasteiger partial charge in [0.25, 0.3) is 0 Å². The van der Waals surface area contributed by atoms with Gasteiger partial charge in [-0.3, -0.25) is 4.79 Å². The number of anilines is 1. The van der Waals surface area contributed by atoms with Crippen molar-refractivity contribution in [2.45, 2.75) is 0 Å². The second kappa shape index (κ2) is 4.79. The summed E-state index contributed by atoms with van der Waals surface area (Å²) in [5.41, 5.74) is 7.68. The van der Waals surface area contributed by atoms with Crippen LogP contribution < -0.4 is 5.73 Å². The van der Waals surface area contributed by atoms with Crippen LogP contribution >= 0.6 is 27.3 Å². The van der Waals surface area contributed by atoms with Crippen LogP contribution in [0.4, 0.5) is 5.69 Å². The number of ketones is 1. The molecule has 0 saturated carbocycles. The summed E-state index contributed by atoms with van der Waals surface area (Å²) >= 11 is 4.99. The first kappa shape index (κ1) is 12.4. The number of halogens is 1. The highest BCUT2D eigenvalue weighted by atomic mass is 79.9. The highest BCUT2D eigenvalue weighted by Crippen LogP contribution is 2.30. The van der Waals surface area contributed by atoms with Gasteiger partial charge in [-0.15, -0.1) is 11.3 Å². The molecule has 1 aromatic heterocycles. The predicted octanol–water partition coefficient (Wildman–Crippen LogP) is 4.48. The van der Waals surface area contributed by atoms with Crippen molar-refractivity contribution in [1.82, 2.24) is 0 Å². The summed E-state index contributed by atoms with van der Waals surface area (Å²) < 4.78 is 1.88. The quantitative estimate of drug-likeness (QED) is 0.555. The largest absolute Gasteiger partial charge is 0.399 e. The predicted molar refractivity (Wildman–Crippen MR) is 83.8 cm³/mol. The molecule has 0 aliphatic heterocycles. The van der Waals surface area contributed by atoms with Crippen molar-refractivity contribution in [1.29, 1.82) is 0 Å². The standard InChI is InChI=1S/C15H10BrNOS/c16-13-6-5-9(17)7-11(13)15(18)12-8-19-14-4-2-1-3-10(12)14/h1-8H,17H2. The number of benzene rings is 2. The summed E-state index contributed by atoms with van der Waals surface area (Å²) in [5, 5.41) is 2.90. The van der Waals surface area contributed by atoms with E-state index in [0.717, 1.165) is 20.1 Å². The summed E-state index contributed by atoms with van der Waals surface area (Å²) in [7, 11) is 0. The smallest absolute Gasteiger partial charge is 0.195 e. The van der Waals surface area contributed by atoms with Crippen molar-refractivity contribution in [3.63, 3.8) is 0 Å². The lowest BCUT2D eigenvalue weighted by molar-refractivity contribution is 0.104. The van der Waals surface area contributed by atoms with Crippen LogP contribution in [0.3, 0.4) is 0 Å². The zero-order chi connectivity index (χ0) is 13.4. The number of fused-ring (bicyclic) bond motifs is 1. The lowest BCUT2D eigenvalue weighted by atomic mass is 10.0. The van der Waals surface area contributed by atoms with Crippen LogP contribution in [0.1, 0.15) is 15.9 Å². The first-order valence-electron chi connectivity index (χ1n) is 5.73. The van der Waals surface area contributed by atoms with Crippen LogP contribution in [0.5, 0.6) is 0 Å².